The van der Waals surface area contributed by atoms with Gasteiger partial charge >= 0.3 is 11.9 Å². The smallest absolute Gasteiger partial charge is 0.336 e. The number of benzene rings is 2. The number of hydrogen-bond donors (Lipinski definition) is 1. The summed E-state index contributed by atoms with van der Waals surface area (Å²) in [5.41, 5.74) is 1.92. The lowest BCUT2D eigenvalue weighted by atomic mass is 9.75. The Labute approximate surface area is 224 Å². The lowest BCUT2D eigenvalue weighted by Crippen LogP contribution is -2.37. The molecule has 1 heterocycles. The molecule has 38 heavy (non-hydrogen) atoms. The van der Waals surface area contributed by atoms with Crippen LogP contribution in [-0.4, -0.2) is 47.4 Å². The molecule has 0 radical (unpaired) electrons. The fourth-order valence-electron chi connectivity index (χ4n) is 4.21. The van der Waals surface area contributed by atoms with Crippen molar-refractivity contribution in [2.75, 3.05) is 24.3 Å². The third-order valence-corrected chi connectivity index (χ3v) is 6.77. The number of carbonyl (C=O) groups is 3. The van der Waals surface area contributed by atoms with Gasteiger partial charge in [0.25, 0.3) is 5.69 Å². The van der Waals surface area contributed by atoms with E-state index in [1.807, 2.05) is 12.1 Å². The third-order valence-electron chi connectivity index (χ3n) is 5.74. The number of esters is 2. The quantitative estimate of drug-likeness (QED) is 0.195. The van der Waals surface area contributed by atoms with E-state index in [-0.39, 0.29) is 36.1 Å². The first kappa shape index (κ1) is 28.6. The first-order chi connectivity index (χ1) is 18.2. The normalized spacial score (nSPS) is 16.9. The largest absolute Gasteiger partial charge is 0.465 e. The van der Waals surface area contributed by atoms with Gasteiger partial charge in [0, 0.05) is 47.0 Å². The molecule has 2 unspecified atom stereocenters. The van der Waals surface area contributed by atoms with E-state index in [4.69, 9.17) is 9.47 Å². The van der Waals surface area contributed by atoms with Crippen molar-refractivity contribution in [1.82, 2.24) is 0 Å². The Morgan fingerprint density at radius 2 is 1.76 bits per heavy atom. The molecular weight excluding hydrogens is 510 g/mol. The second kappa shape index (κ2) is 13.0. The molecule has 0 fully saturated rings. The number of anilines is 1. The standard InChI is InChI=1S/C27H29N3O7S/c1-5-36-26(32)23-16(3)28-22(15-38-21-12-10-19(11-13-21)29-17(4)31)25(27(33)37-6-2)24(23)18-8-7-9-20(14-18)30(34)35/h7-14,23-24H,5-6,15H2,1-4H3,(H,29,31). The molecule has 0 aliphatic carbocycles. The number of non-ortho nitro benzene ring substituents is 1. The number of rotatable bonds is 10. The van der Waals surface area contributed by atoms with Crippen LogP contribution in [-0.2, 0) is 23.9 Å². The van der Waals surface area contributed by atoms with Crippen molar-refractivity contribution >= 4 is 46.7 Å². The molecule has 1 N–H and O–H groups in total. The SMILES string of the molecule is CCOC(=O)C1=C(CSc2ccc(NC(C)=O)cc2)N=C(C)C(C(=O)OCC)C1c1cccc([N+](=O)[O-])c1. The van der Waals surface area contributed by atoms with E-state index in [0.717, 1.165) is 4.90 Å². The number of amides is 1. The number of ether oxygens (including phenoxy) is 2. The number of nitrogens with zero attached hydrogens (tertiary/aromatic N) is 2. The minimum Gasteiger partial charge on any atom is -0.465 e. The highest BCUT2D eigenvalue weighted by atomic mass is 32.2. The van der Waals surface area contributed by atoms with Gasteiger partial charge in [0.1, 0.15) is 5.92 Å². The summed E-state index contributed by atoms with van der Waals surface area (Å²) in [5, 5.41) is 14.2. The van der Waals surface area contributed by atoms with Gasteiger partial charge in [-0.2, -0.15) is 0 Å². The Hall–Kier alpha value is -3.99. The van der Waals surface area contributed by atoms with Gasteiger partial charge in [0.05, 0.1) is 29.4 Å². The molecule has 0 aromatic heterocycles. The molecule has 10 nitrogen and oxygen atoms in total. The maximum absolute atomic E-state index is 13.3. The second-order valence-corrected chi connectivity index (χ2v) is 9.44. The number of hydrogen-bond acceptors (Lipinski definition) is 9. The Kier molecular flexibility index (Phi) is 9.78. The van der Waals surface area contributed by atoms with Gasteiger partial charge in [0.2, 0.25) is 5.91 Å². The van der Waals surface area contributed by atoms with Crippen LogP contribution in [0, 0.1) is 16.0 Å². The molecule has 1 amide bonds. The highest BCUT2D eigenvalue weighted by Gasteiger charge is 2.43. The summed E-state index contributed by atoms with van der Waals surface area (Å²) in [6, 6.07) is 13.1. The predicted molar refractivity (Wildman–Crippen MR) is 144 cm³/mol. The van der Waals surface area contributed by atoms with Crippen LogP contribution in [0.25, 0.3) is 0 Å². The molecule has 200 valence electrons. The first-order valence-electron chi connectivity index (χ1n) is 12.0. The zero-order valence-electron chi connectivity index (χ0n) is 21.6. The van der Waals surface area contributed by atoms with E-state index in [9.17, 15) is 24.5 Å². The Bertz CT molecular complexity index is 1290. The monoisotopic (exact) mass is 539 g/mol. The number of nitro groups is 1. The van der Waals surface area contributed by atoms with Gasteiger partial charge in [-0.05, 0) is 50.6 Å². The lowest BCUT2D eigenvalue weighted by Gasteiger charge is -2.32. The van der Waals surface area contributed by atoms with Gasteiger partial charge < -0.3 is 14.8 Å². The Morgan fingerprint density at radius 1 is 1.08 bits per heavy atom. The number of thioether (sulfide) groups is 1. The maximum atomic E-state index is 13.3. The third kappa shape index (κ3) is 6.86. The van der Waals surface area contributed by atoms with E-state index in [2.05, 4.69) is 10.3 Å². The highest BCUT2D eigenvalue weighted by molar-refractivity contribution is 7.99. The average Bonchev–Trinajstić information content (AvgIpc) is 2.87. The van der Waals surface area contributed by atoms with Crippen molar-refractivity contribution in [3.05, 3.63) is 75.5 Å². The fourth-order valence-corrected chi connectivity index (χ4v) is 5.06. The molecule has 3 rings (SSSR count). The first-order valence-corrected chi connectivity index (χ1v) is 13.0. The maximum Gasteiger partial charge on any atom is 0.336 e. The molecule has 1 aliphatic rings. The van der Waals surface area contributed by atoms with Crippen LogP contribution in [0.5, 0.6) is 0 Å². The van der Waals surface area contributed by atoms with E-state index in [1.54, 1.807) is 39.0 Å². The summed E-state index contributed by atoms with van der Waals surface area (Å²) < 4.78 is 10.7. The summed E-state index contributed by atoms with van der Waals surface area (Å²) in [5.74, 6) is -2.97. The van der Waals surface area contributed by atoms with Gasteiger partial charge in [-0.25, -0.2) is 4.79 Å². The van der Waals surface area contributed by atoms with E-state index in [1.165, 1.54) is 36.9 Å². The molecule has 0 spiro atoms. The fraction of sp³-hybridized carbons (Fsp3) is 0.333. The molecule has 2 atom stereocenters. The Balaban J connectivity index is 2.09. The van der Waals surface area contributed by atoms with E-state index in [0.29, 0.717) is 22.7 Å². The highest BCUT2D eigenvalue weighted by Crippen LogP contribution is 2.42. The van der Waals surface area contributed by atoms with E-state index >= 15 is 0 Å². The molecule has 1 aliphatic heterocycles. The van der Waals surface area contributed by atoms with Crippen molar-refractivity contribution < 1.29 is 28.8 Å². The molecule has 2 aromatic rings. The van der Waals surface area contributed by atoms with Crippen LogP contribution in [0.2, 0.25) is 0 Å². The van der Waals surface area contributed by atoms with Crippen molar-refractivity contribution in [1.29, 1.82) is 0 Å². The number of nitrogens with one attached hydrogen (secondary N) is 1. The van der Waals surface area contributed by atoms with Crippen molar-refractivity contribution in [3.63, 3.8) is 0 Å². The van der Waals surface area contributed by atoms with Crippen LogP contribution in [0.3, 0.4) is 0 Å². The second-order valence-electron chi connectivity index (χ2n) is 8.39. The van der Waals surface area contributed by atoms with E-state index < -0.39 is 28.7 Å². The van der Waals surface area contributed by atoms with Crippen LogP contribution in [0.1, 0.15) is 39.2 Å². The van der Waals surface area contributed by atoms with Crippen LogP contribution in [0.4, 0.5) is 11.4 Å². The summed E-state index contributed by atoms with van der Waals surface area (Å²) in [6.45, 7) is 6.68. The molecule has 2 aromatic carbocycles. The minimum absolute atomic E-state index is 0.0990. The van der Waals surface area contributed by atoms with Gasteiger partial charge in [0.15, 0.2) is 0 Å². The van der Waals surface area contributed by atoms with Crippen LogP contribution in [0.15, 0.2) is 69.7 Å². The van der Waals surface area contributed by atoms with Crippen molar-refractivity contribution in [2.24, 2.45) is 10.9 Å². The average molecular weight is 540 g/mol. The van der Waals surface area contributed by atoms with Gasteiger partial charge in [-0.1, -0.05) is 12.1 Å². The molecule has 0 bridgehead atoms. The summed E-state index contributed by atoms with van der Waals surface area (Å²) in [7, 11) is 0. The zero-order chi connectivity index (χ0) is 27.8. The molecule has 0 saturated heterocycles. The van der Waals surface area contributed by atoms with Crippen molar-refractivity contribution in [2.45, 2.75) is 38.5 Å². The summed E-state index contributed by atoms with van der Waals surface area (Å²) in [4.78, 5) is 54.2. The number of aliphatic imine (C=N–C) groups is 1. The van der Waals surface area contributed by atoms with Crippen LogP contribution < -0.4 is 5.32 Å². The Morgan fingerprint density at radius 3 is 2.37 bits per heavy atom. The molecular formula is C27H29N3O7S. The number of nitro benzene ring substituents is 1. The topological polar surface area (TPSA) is 137 Å². The molecule has 0 saturated carbocycles. The van der Waals surface area contributed by atoms with Crippen LogP contribution >= 0.6 is 11.8 Å². The zero-order valence-corrected chi connectivity index (χ0v) is 22.4. The van der Waals surface area contributed by atoms with Crippen molar-refractivity contribution in [3.8, 4) is 0 Å². The summed E-state index contributed by atoms with van der Waals surface area (Å²) in [6.07, 6.45) is 0. The molecule has 11 heteroatoms. The van der Waals surface area contributed by atoms with Gasteiger partial charge in [-0.15, -0.1) is 11.8 Å². The number of carbonyl (C=O) groups excluding carboxylic acids is 3. The lowest BCUT2D eigenvalue weighted by molar-refractivity contribution is -0.384. The predicted octanol–water partition coefficient (Wildman–Crippen LogP) is 4.90. The van der Waals surface area contributed by atoms with Gasteiger partial charge in [-0.3, -0.25) is 24.7 Å². The minimum atomic E-state index is -0.956. The summed E-state index contributed by atoms with van der Waals surface area (Å²) >= 11 is 1.41.